The van der Waals surface area contributed by atoms with E-state index in [-0.39, 0.29) is 11.6 Å². The first-order valence-electron chi connectivity index (χ1n) is 7.96. The molecule has 3 aromatic rings. The third-order valence-corrected chi connectivity index (χ3v) is 3.91. The van der Waals surface area contributed by atoms with Crippen molar-refractivity contribution in [2.45, 2.75) is 0 Å². The molecule has 7 heteroatoms. The molecular weight excluding hydrogens is 350 g/mol. The van der Waals surface area contributed by atoms with Gasteiger partial charge in [-0.3, -0.25) is 4.79 Å². The summed E-state index contributed by atoms with van der Waals surface area (Å²) in [4.78, 5) is 14.3. The maximum absolute atomic E-state index is 12.3. The number of hydrogen-bond acceptors (Lipinski definition) is 5. The second kappa shape index (κ2) is 7.84. The van der Waals surface area contributed by atoms with Crippen molar-refractivity contribution in [3.8, 4) is 0 Å². The molecule has 0 bridgehead atoms. The Morgan fingerprint density at radius 1 is 0.885 bits per heavy atom. The molecule has 6 nitrogen and oxygen atoms in total. The molecular formula is C19H18ClN5O. The topological polar surface area (TPSA) is 70.2 Å². The molecule has 0 radical (unpaired) electrons. The van der Waals surface area contributed by atoms with Gasteiger partial charge >= 0.3 is 0 Å². The first-order chi connectivity index (χ1) is 12.5. The van der Waals surface area contributed by atoms with Gasteiger partial charge in [-0.05, 0) is 60.7 Å². The Morgan fingerprint density at radius 2 is 1.54 bits per heavy atom. The average Bonchev–Trinajstić information content (AvgIpc) is 2.64. The fourth-order valence-electron chi connectivity index (χ4n) is 2.24. The van der Waals surface area contributed by atoms with Gasteiger partial charge in [-0.1, -0.05) is 11.6 Å². The lowest BCUT2D eigenvalue weighted by Gasteiger charge is -2.13. The van der Waals surface area contributed by atoms with Crippen LogP contribution in [0.4, 0.5) is 22.9 Å². The molecule has 132 valence electrons. The predicted molar refractivity (Wildman–Crippen MR) is 105 cm³/mol. The van der Waals surface area contributed by atoms with E-state index in [4.69, 9.17) is 11.6 Å². The second-order valence-corrected chi connectivity index (χ2v) is 6.27. The summed E-state index contributed by atoms with van der Waals surface area (Å²) in [5.74, 6) is 0.229. The number of halogens is 1. The van der Waals surface area contributed by atoms with Crippen molar-refractivity contribution in [1.82, 2.24) is 10.2 Å². The van der Waals surface area contributed by atoms with Gasteiger partial charge < -0.3 is 15.5 Å². The van der Waals surface area contributed by atoms with Crippen LogP contribution in [0.1, 0.15) is 10.5 Å². The highest BCUT2D eigenvalue weighted by Crippen LogP contribution is 2.18. The van der Waals surface area contributed by atoms with E-state index in [2.05, 4.69) is 20.8 Å². The zero-order valence-electron chi connectivity index (χ0n) is 14.4. The number of carbonyl (C=O) groups excluding carboxylic acids is 1. The van der Waals surface area contributed by atoms with Crippen LogP contribution in [0.25, 0.3) is 0 Å². The lowest BCUT2D eigenvalue weighted by molar-refractivity contribution is 0.102. The molecule has 1 amide bonds. The Hall–Kier alpha value is -3.12. The SMILES string of the molecule is CN(C)c1ccc(NC(=O)c2ccc(Nc3ccc(Cl)cc3)nn2)cc1. The van der Waals surface area contributed by atoms with E-state index < -0.39 is 0 Å². The minimum absolute atomic E-state index is 0.239. The molecule has 0 spiro atoms. The van der Waals surface area contributed by atoms with Crippen LogP contribution in [0, 0.1) is 0 Å². The summed E-state index contributed by atoms with van der Waals surface area (Å²) in [6.07, 6.45) is 0. The summed E-state index contributed by atoms with van der Waals surface area (Å²) in [6, 6.07) is 18.1. The lowest BCUT2D eigenvalue weighted by atomic mass is 10.2. The van der Waals surface area contributed by atoms with E-state index in [9.17, 15) is 4.79 Å². The number of rotatable bonds is 5. The Bertz CT molecular complexity index is 877. The minimum atomic E-state index is -0.312. The van der Waals surface area contributed by atoms with Gasteiger partial charge in [0.05, 0.1) is 0 Å². The largest absolute Gasteiger partial charge is 0.378 e. The van der Waals surface area contributed by atoms with E-state index >= 15 is 0 Å². The minimum Gasteiger partial charge on any atom is -0.378 e. The highest BCUT2D eigenvalue weighted by Gasteiger charge is 2.09. The monoisotopic (exact) mass is 367 g/mol. The molecule has 0 aliphatic heterocycles. The van der Waals surface area contributed by atoms with E-state index in [0.717, 1.165) is 11.4 Å². The molecule has 0 saturated heterocycles. The maximum Gasteiger partial charge on any atom is 0.276 e. The zero-order chi connectivity index (χ0) is 18.5. The van der Waals surface area contributed by atoms with Crippen LogP contribution in [-0.4, -0.2) is 30.2 Å². The van der Waals surface area contributed by atoms with Gasteiger partial charge in [-0.25, -0.2) is 0 Å². The van der Waals surface area contributed by atoms with Crippen molar-refractivity contribution in [2.75, 3.05) is 29.6 Å². The fourth-order valence-corrected chi connectivity index (χ4v) is 2.37. The number of carbonyl (C=O) groups is 1. The van der Waals surface area contributed by atoms with E-state index in [0.29, 0.717) is 16.5 Å². The molecule has 0 unspecified atom stereocenters. The number of anilines is 4. The second-order valence-electron chi connectivity index (χ2n) is 5.83. The summed E-state index contributed by atoms with van der Waals surface area (Å²) < 4.78 is 0. The van der Waals surface area contributed by atoms with Crippen molar-refractivity contribution in [1.29, 1.82) is 0 Å². The van der Waals surface area contributed by atoms with Gasteiger partial charge in [0.25, 0.3) is 5.91 Å². The van der Waals surface area contributed by atoms with Gasteiger partial charge in [0.2, 0.25) is 0 Å². The molecule has 0 saturated carbocycles. The van der Waals surface area contributed by atoms with E-state index in [1.165, 1.54) is 0 Å². The maximum atomic E-state index is 12.3. The Kier molecular flexibility index (Phi) is 5.34. The summed E-state index contributed by atoms with van der Waals surface area (Å²) in [5, 5.41) is 14.6. The highest BCUT2D eigenvalue weighted by atomic mass is 35.5. The first-order valence-corrected chi connectivity index (χ1v) is 8.34. The molecule has 3 rings (SSSR count). The molecule has 0 aliphatic carbocycles. The Balaban J connectivity index is 1.63. The van der Waals surface area contributed by atoms with Crippen LogP contribution in [0.5, 0.6) is 0 Å². The normalized spacial score (nSPS) is 10.3. The Morgan fingerprint density at radius 3 is 2.12 bits per heavy atom. The van der Waals surface area contributed by atoms with Gasteiger partial charge in [-0.2, -0.15) is 0 Å². The number of hydrogen-bond donors (Lipinski definition) is 2. The molecule has 0 fully saturated rings. The van der Waals surface area contributed by atoms with Gasteiger partial charge in [0, 0.05) is 36.2 Å². The van der Waals surface area contributed by atoms with Gasteiger partial charge in [-0.15, -0.1) is 10.2 Å². The van der Waals surface area contributed by atoms with E-state index in [1.807, 2.05) is 55.4 Å². The lowest BCUT2D eigenvalue weighted by Crippen LogP contribution is -2.15. The third-order valence-electron chi connectivity index (χ3n) is 3.66. The van der Waals surface area contributed by atoms with Crippen LogP contribution in [-0.2, 0) is 0 Å². The average molecular weight is 368 g/mol. The molecule has 2 N–H and O–H groups in total. The molecule has 26 heavy (non-hydrogen) atoms. The summed E-state index contributed by atoms with van der Waals surface area (Å²) >= 11 is 5.86. The van der Waals surface area contributed by atoms with Gasteiger partial charge in [0.1, 0.15) is 0 Å². The molecule has 0 aliphatic rings. The summed E-state index contributed by atoms with van der Waals surface area (Å²) in [5.41, 5.74) is 2.83. The smallest absolute Gasteiger partial charge is 0.276 e. The van der Waals surface area contributed by atoms with Crippen molar-refractivity contribution < 1.29 is 4.79 Å². The van der Waals surface area contributed by atoms with Crippen LogP contribution in [0.2, 0.25) is 5.02 Å². The van der Waals surface area contributed by atoms with Crippen molar-refractivity contribution in [2.24, 2.45) is 0 Å². The zero-order valence-corrected chi connectivity index (χ0v) is 15.2. The van der Waals surface area contributed by atoms with Crippen molar-refractivity contribution >= 4 is 40.4 Å². The fraction of sp³-hybridized carbons (Fsp3) is 0.105. The number of nitrogens with zero attached hydrogens (tertiary/aromatic N) is 3. The summed E-state index contributed by atoms with van der Waals surface area (Å²) in [6.45, 7) is 0. The molecule has 0 atom stereocenters. The Labute approximate surface area is 156 Å². The van der Waals surface area contributed by atoms with Crippen LogP contribution < -0.4 is 15.5 Å². The van der Waals surface area contributed by atoms with Crippen LogP contribution in [0.3, 0.4) is 0 Å². The number of nitrogens with one attached hydrogen (secondary N) is 2. The standard InChI is InChI=1S/C19H18ClN5O/c1-25(2)16-9-7-15(8-10-16)22-19(26)17-11-12-18(24-23-17)21-14-5-3-13(20)4-6-14/h3-12H,1-2H3,(H,21,24)(H,22,26). The predicted octanol–water partition coefficient (Wildman–Crippen LogP) is 4.19. The van der Waals surface area contributed by atoms with Gasteiger partial charge in [0.15, 0.2) is 11.5 Å². The number of amides is 1. The number of benzene rings is 2. The summed E-state index contributed by atoms with van der Waals surface area (Å²) in [7, 11) is 3.92. The van der Waals surface area contributed by atoms with E-state index in [1.54, 1.807) is 24.3 Å². The molecule has 1 aromatic heterocycles. The van der Waals surface area contributed by atoms with Crippen LogP contribution >= 0.6 is 11.6 Å². The molecule has 1 heterocycles. The van der Waals surface area contributed by atoms with Crippen LogP contribution in [0.15, 0.2) is 60.7 Å². The quantitative estimate of drug-likeness (QED) is 0.707. The molecule has 2 aromatic carbocycles. The third kappa shape index (κ3) is 4.49. The number of aromatic nitrogens is 2. The van der Waals surface area contributed by atoms with Crippen molar-refractivity contribution in [3.63, 3.8) is 0 Å². The first kappa shape index (κ1) is 17.7. The van der Waals surface area contributed by atoms with Crippen molar-refractivity contribution in [3.05, 3.63) is 71.4 Å². The highest BCUT2D eigenvalue weighted by molar-refractivity contribution is 6.30.